The fourth-order valence-corrected chi connectivity index (χ4v) is 2.46. The highest BCUT2D eigenvalue weighted by atomic mass is 16.5. The van der Waals surface area contributed by atoms with E-state index in [1.807, 2.05) is 25.2 Å². The number of carbonyl (C=O) groups excluding carboxylic acids is 1. The van der Waals surface area contributed by atoms with Gasteiger partial charge < -0.3 is 14.5 Å². The number of amides is 2. The molecule has 0 spiro atoms. The zero-order valence-electron chi connectivity index (χ0n) is 15.0. The van der Waals surface area contributed by atoms with Crippen LogP contribution in [0.4, 0.5) is 4.79 Å². The van der Waals surface area contributed by atoms with Crippen molar-refractivity contribution in [3.05, 3.63) is 35.9 Å². The Morgan fingerprint density at radius 3 is 2.17 bits per heavy atom. The van der Waals surface area contributed by atoms with Gasteiger partial charge in [-0.05, 0) is 18.4 Å². The van der Waals surface area contributed by atoms with Gasteiger partial charge in [-0.2, -0.15) is 0 Å². The van der Waals surface area contributed by atoms with E-state index >= 15 is 0 Å². The van der Waals surface area contributed by atoms with E-state index in [1.165, 1.54) is 31.2 Å². The Hall–Kier alpha value is -1.55. The molecule has 4 heteroatoms. The Morgan fingerprint density at radius 2 is 1.52 bits per heavy atom. The Bertz CT molecular complexity index is 421. The number of rotatable bonds is 11. The summed E-state index contributed by atoms with van der Waals surface area (Å²) in [6.45, 7) is 2.40. The normalized spacial score (nSPS) is 10.6. The number of ether oxygens (including phenoxy) is 1. The molecule has 130 valence electrons. The molecule has 0 heterocycles. The molecule has 2 amide bonds. The quantitative estimate of drug-likeness (QED) is 0.574. The average molecular weight is 320 g/mol. The third kappa shape index (κ3) is 9.24. The van der Waals surface area contributed by atoms with E-state index in [4.69, 9.17) is 4.74 Å². The standard InChI is InChI=1S/C19H32N2O2/c1-20(2)19(22)21(3)15-11-6-4-5-7-12-16-23-17-18-13-9-8-10-14-18/h8-10,13-14H,4-7,11-12,15-17H2,1-3H3. The second-order valence-corrected chi connectivity index (χ2v) is 6.26. The molecule has 23 heavy (non-hydrogen) atoms. The molecule has 0 aliphatic carbocycles. The summed E-state index contributed by atoms with van der Waals surface area (Å²) in [7, 11) is 5.45. The first-order valence-corrected chi connectivity index (χ1v) is 8.65. The van der Waals surface area contributed by atoms with Gasteiger partial charge in [0.2, 0.25) is 0 Å². The number of hydrogen-bond acceptors (Lipinski definition) is 2. The fraction of sp³-hybridized carbons (Fsp3) is 0.632. The summed E-state index contributed by atoms with van der Waals surface area (Å²) in [6.07, 6.45) is 7.12. The lowest BCUT2D eigenvalue weighted by Crippen LogP contribution is -2.36. The van der Waals surface area contributed by atoms with Crippen LogP contribution in [-0.4, -0.2) is 50.1 Å². The van der Waals surface area contributed by atoms with E-state index in [9.17, 15) is 4.79 Å². The van der Waals surface area contributed by atoms with Crippen molar-refractivity contribution in [3.63, 3.8) is 0 Å². The second kappa shape index (κ2) is 11.9. The van der Waals surface area contributed by atoms with Crippen molar-refractivity contribution >= 4 is 6.03 Å². The molecular weight excluding hydrogens is 288 g/mol. The van der Waals surface area contributed by atoms with Crippen LogP contribution < -0.4 is 0 Å². The molecular formula is C19H32N2O2. The molecule has 0 aromatic heterocycles. The highest BCUT2D eigenvalue weighted by Crippen LogP contribution is 2.07. The maximum Gasteiger partial charge on any atom is 0.319 e. The molecule has 1 rings (SSSR count). The molecule has 1 aromatic rings. The molecule has 4 nitrogen and oxygen atoms in total. The van der Waals surface area contributed by atoms with Gasteiger partial charge in [-0.15, -0.1) is 0 Å². The minimum absolute atomic E-state index is 0.0839. The lowest BCUT2D eigenvalue weighted by Gasteiger charge is -2.21. The number of urea groups is 1. The summed E-state index contributed by atoms with van der Waals surface area (Å²) in [6, 6.07) is 10.4. The van der Waals surface area contributed by atoms with Gasteiger partial charge >= 0.3 is 6.03 Å². The number of nitrogens with zero attached hydrogens (tertiary/aromatic N) is 2. The largest absolute Gasteiger partial charge is 0.377 e. The van der Waals surface area contributed by atoms with Gasteiger partial charge in [0.05, 0.1) is 6.61 Å². The summed E-state index contributed by atoms with van der Waals surface area (Å²) in [5.74, 6) is 0. The van der Waals surface area contributed by atoms with Crippen LogP contribution in [0, 0.1) is 0 Å². The first kappa shape index (κ1) is 19.5. The van der Waals surface area contributed by atoms with E-state index in [1.54, 1.807) is 23.9 Å². The highest BCUT2D eigenvalue weighted by molar-refractivity contribution is 5.73. The van der Waals surface area contributed by atoms with Crippen LogP contribution in [0.3, 0.4) is 0 Å². The number of unbranched alkanes of at least 4 members (excludes halogenated alkanes) is 5. The second-order valence-electron chi connectivity index (χ2n) is 6.26. The lowest BCUT2D eigenvalue weighted by atomic mass is 10.1. The summed E-state index contributed by atoms with van der Waals surface area (Å²) < 4.78 is 5.68. The van der Waals surface area contributed by atoms with E-state index < -0.39 is 0 Å². The van der Waals surface area contributed by atoms with E-state index in [2.05, 4.69) is 12.1 Å². The topological polar surface area (TPSA) is 32.8 Å². The van der Waals surface area contributed by atoms with E-state index in [0.29, 0.717) is 6.61 Å². The Kier molecular flexibility index (Phi) is 10.1. The fourth-order valence-electron chi connectivity index (χ4n) is 2.46. The van der Waals surface area contributed by atoms with Gasteiger partial charge in [0, 0.05) is 34.3 Å². The van der Waals surface area contributed by atoms with Crippen molar-refractivity contribution in [2.75, 3.05) is 34.3 Å². The predicted molar refractivity (Wildman–Crippen MR) is 95.5 cm³/mol. The molecule has 0 N–H and O–H groups in total. The molecule has 0 aliphatic rings. The zero-order valence-corrected chi connectivity index (χ0v) is 15.0. The summed E-state index contributed by atoms with van der Waals surface area (Å²) >= 11 is 0. The molecule has 1 aromatic carbocycles. The predicted octanol–water partition coefficient (Wildman–Crippen LogP) is 4.16. The smallest absolute Gasteiger partial charge is 0.319 e. The van der Waals surface area contributed by atoms with Crippen LogP contribution in [0.2, 0.25) is 0 Å². The minimum Gasteiger partial charge on any atom is -0.377 e. The van der Waals surface area contributed by atoms with Crippen molar-refractivity contribution in [1.29, 1.82) is 0 Å². The summed E-state index contributed by atoms with van der Waals surface area (Å²) in [5, 5.41) is 0. The minimum atomic E-state index is 0.0839. The van der Waals surface area contributed by atoms with Gasteiger partial charge in [-0.25, -0.2) is 4.79 Å². The van der Waals surface area contributed by atoms with E-state index in [0.717, 1.165) is 26.0 Å². The van der Waals surface area contributed by atoms with Gasteiger partial charge in [-0.3, -0.25) is 0 Å². The lowest BCUT2D eigenvalue weighted by molar-refractivity contribution is 0.116. The number of benzene rings is 1. The third-order valence-corrected chi connectivity index (χ3v) is 3.85. The van der Waals surface area contributed by atoms with Crippen molar-refractivity contribution < 1.29 is 9.53 Å². The van der Waals surface area contributed by atoms with Gasteiger partial charge in [0.1, 0.15) is 0 Å². The first-order chi connectivity index (χ1) is 11.1. The van der Waals surface area contributed by atoms with Crippen LogP contribution in [0.15, 0.2) is 30.3 Å². The molecule has 0 radical (unpaired) electrons. The SMILES string of the molecule is CN(C)C(=O)N(C)CCCCCCCCOCc1ccccc1. The first-order valence-electron chi connectivity index (χ1n) is 8.65. The van der Waals surface area contributed by atoms with E-state index in [-0.39, 0.29) is 6.03 Å². The van der Waals surface area contributed by atoms with Crippen molar-refractivity contribution in [2.24, 2.45) is 0 Å². The Morgan fingerprint density at radius 1 is 0.913 bits per heavy atom. The molecule has 0 fully saturated rings. The monoisotopic (exact) mass is 320 g/mol. The summed E-state index contributed by atoms with van der Waals surface area (Å²) in [4.78, 5) is 15.1. The Labute approximate surface area is 141 Å². The molecule has 0 aliphatic heterocycles. The maximum absolute atomic E-state index is 11.6. The van der Waals surface area contributed by atoms with Gasteiger partial charge in [-0.1, -0.05) is 56.0 Å². The molecule has 0 saturated carbocycles. The summed E-state index contributed by atoms with van der Waals surface area (Å²) in [5.41, 5.74) is 1.24. The van der Waals surface area contributed by atoms with Crippen LogP contribution in [0.25, 0.3) is 0 Å². The van der Waals surface area contributed by atoms with Crippen molar-refractivity contribution in [2.45, 2.75) is 45.1 Å². The maximum atomic E-state index is 11.6. The third-order valence-electron chi connectivity index (χ3n) is 3.85. The molecule has 0 saturated heterocycles. The van der Waals surface area contributed by atoms with Crippen LogP contribution >= 0.6 is 0 Å². The van der Waals surface area contributed by atoms with Crippen LogP contribution in [-0.2, 0) is 11.3 Å². The molecule has 0 unspecified atom stereocenters. The molecule has 0 bridgehead atoms. The van der Waals surface area contributed by atoms with Crippen LogP contribution in [0.1, 0.15) is 44.1 Å². The van der Waals surface area contributed by atoms with Crippen molar-refractivity contribution in [1.82, 2.24) is 9.80 Å². The Balaban J connectivity index is 1.87. The average Bonchev–Trinajstić information content (AvgIpc) is 2.56. The van der Waals surface area contributed by atoms with Gasteiger partial charge in [0.25, 0.3) is 0 Å². The number of carbonyl (C=O) groups is 1. The van der Waals surface area contributed by atoms with Crippen LogP contribution in [0.5, 0.6) is 0 Å². The van der Waals surface area contributed by atoms with Gasteiger partial charge in [0.15, 0.2) is 0 Å². The highest BCUT2D eigenvalue weighted by Gasteiger charge is 2.08. The molecule has 0 atom stereocenters. The number of hydrogen-bond donors (Lipinski definition) is 0. The van der Waals surface area contributed by atoms with Crippen molar-refractivity contribution in [3.8, 4) is 0 Å². The zero-order chi connectivity index (χ0) is 16.9.